The van der Waals surface area contributed by atoms with Crippen LogP contribution in [0, 0.1) is 25.2 Å². The van der Waals surface area contributed by atoms with Crippen molar-refractivity contribution in [2.45, 2.75) is 46.5 Å². The van der Waals surface area contributed by atoms with Crippen molar-refractivity contribution in [1.29, 1.82) is 5.26 Å². The highest BCUT2D eigenvalue weighted by atomic mass is 32.1. The van der Waals surface area contributed by atoms with Gasteiger partial charge in [-0.1, -0.05) is 13.8 Å². The van der Waals surface area contributed by atoms with E-state index < -0.39 is 0 Å². The number of rotatable bonds is 5. The van der Waals surface area contributed by atoms with Crippen LogP contribution in [0.1, 0.15) is 55.1 Å². The normalized spacial score (nSPS) is 11.4. The number of thiophene rings is 1. The SMILES string of the molecule is CCC(CC)c1cc(C)nn2c(-c3sc(-c4nccs4)cc3C#N)c(C)nc12. The molecule has 28 heavy (non-hydrogen) atoms. The molecule has 0 amide bonds. The molecular formula is C21H21N5S2. The van der Waals surface area contributed by atoms with Gasteiger partial charge in [-0.25, -0.2) is 14.5 Å². The first kappa shape index (κ1) is 18.8. The molecular weight excluding hydrogens is 386 g/mol. The summed E-state index contributed by atoms with van der Waals surface area (Å²) in [5.74, 6) is 0.448. The fourth-order valence-electron chi connectivity index (χ4n) is 3.67. The first-order chi connectivity index (χ1) is 13.6. The van der Waals surface area contributed by atoms with E-state index in [0.29, 0.717) is 11.5 Å². The molecule has 7 heteroatoms. The minimum atomic E-state index is 0.448. The third-order valence-corrected chi connectivity index (χ3v) is 7.13. The Hall–Kier alpha value is -2.56. The van der Waals surface area contributed by atoms with Crippen LogP contribution in [-0.2, 0) is 0 Å². The Morgan fingerprint density at radius 2 is 2.00 bits per heavy atom. The van der Waals surface area contributed by atoms with Gasteiger partial charge >= 0.3 is 0 Å². The molecule has 0 saturated carbocycles. The van der Waals surface area contributed by atoms with Crippen molar-refractivity contribution in [2.24, 2.45) is 0 Å². The van der Waals surface area contributed by atoms with Crippen molar-refractivity contribution < 1.29 is 0 Å². The van der Waals surface area contributed by atoms with E-state index in [9.17, 15) is 5.26 Å². The Morgan fingerprint density at radius 1 is 1.21 bits per heavy atom. The Labute approximate surface area is 172 Å². The third-order valence-electron chi connectivity index (χ3n) is 5.05. The lowest BCUT2D eigenvalue weighted by Gasteiger charge is -2.14. The van der Waals surface area contributed by atoms with Crippen molar-refractivity contribution in [3.05, 3.63) is 46.2 Å². The molecule has 0 atom stereocenters. The zero-order valence-corrected chi connectivity index (χ0v) is 18.0. The van der Waals surface area contributed by atoms with E-state index in [0.717, 1.165) is 50.3 Å². The van der Waals surface area contributed by atoms with Gasteiger partial charge in [-0.15, -0.1) is 22.7 Å². The molecule has 4 rings (SSSR count). The largest absolute Gasteiger partial charge is 0.244 e. The highest BCUT2D eigenvalue weighted by Crippen LogP contribution is 2.40. The molecule has 0 unspecified atom stereocenters. The minimum absolute atomic E-state index is 0.448. The van der Waals surface area contributed by atoms with Gasteiger partial charge < -0.3 is 0 Å². The highest BCUT2D eigenvalue weighted by Gasteiger charge is 2.23. The van der Waals surface area contributed by atoms with Gasteiger partial charge in [0.15, 0.2) is 5.65 Å². The lowest BCUT2D eigenvalue weighted by Crippen LogP contribution is -2.05. The average molecular weight is 408 g/mol. The molecule has 4 aromatic rings. The molecule has 0 N–H and O–H groups in total. The van der Waals surface area contributed by atoms with Gasteiger partial charge in [0.1, 0.15) is 16.8 Å². The maximum Gasteiger partial charge on any atom is 0.158 e. The Morgan fingerprint density at radius 3 is 2.64 bits per heavy atom. The van der Waals surface area contributed by atoms with Gasteiger partial charge in [0.2, 0.25) is 0 Å². The topological polar surface area (TPSA) is 66.9 Å². The molecule has 0 radical (unpaired) electrons. The van der Waals surface area contributed by atoms with Gasteiger partial charge in [0, 0.05) is 17.1 Å². The molecule has 0 aliphatic heterocycles. The fourth-order valence-corrected chi connectivity index (χ4v) is 5.57. The number of aryl methyl sites for hydroxylation is 2. The van der Waals surface area contributed by atoms with Gasteiger partial charge in [0.05, 0.1) is 26.7 Å². The Balaban J connectivity index is 1.98. The van der Waals surface area contributed by atoms with E-state index in [1.807, 2.05) is 29.8 Å². The predicted molar refractivity (Wildman–Crippen MR) is 115 cm³/mol. The van der Waals surface area contributed by atoms with Crippen LogP contribution in [-0.4, -0.2) is 19.6 Å². The van der Waals surface area contributed by atoms with Crippen molar-refractivity contribution in [3.8, 4) is 26.5 Å². The molecule has 0 bridgehead atoms. The summed E-state index contributed by atoms with van der Waals surface area (Å²) >= 11 is 3.16. The van der Waals surface area contributed by atoms with Crippen LogP contribution in [0.5, 0.6) is 0 Å². The number of aromatic nitrogens is 4. The molecule has 4 heterocycles. The van der Waals surface area contributed by atoms with Crippen molar-refractivity contribution in [1.82, 2.24) is 19.6 Å². The zero-order chi connectivity index (χ0) is 19.8. The first-order valence-electron chi connectivity index (χ1n) is 9.38. The summed E-state index contributed by atoms with van der Waals surface area (Å²) in [4.78, 5) is 11.2. The summed E-state index contributed by atoms with van der Waals surface area (Å²) in [6.45, 7) is 8.44. The smallest absolute Gasteiger partial charge is 0.158 e. The number of nitrogens with zero attached hydrogens (tertiary/aromatic N) is 5. The monoisotopic (exact) mass is 407 g/mol. The van der Waals surface area contributed by atoms with Crippen LogP contribution >= 0.6 is 22.7 Å². The number of thiazole rings is 1. The maximum absolute atomic E-state index is 9.75. The summed E-state index contributed by atoms with van der Waals surface area (Å²) in [6.07, 6.45) is 3.92. The summed E-state index contributed by atoms with van der Waals surface area (Å²) < 4.78 is 1.94. The lowest BCUT2D eigenvalue weighted by atomic mass is 9.95. The van der Waals surface area contributed by atoms with Crippen LogP contribution in [0.3, 0.4) is 0 Å². The van der Waals surface area contributed by atoms with Gasteiger partial charge in [-0.2, -0.15) is 10.4 Å². The van der Waals surface area contributed by atoms with E-state index >= 15 is 0 Å². The molecule has 5 nitrogen and oxygen atoms in total. The summed E-state index contributed by atoms with van der Waals surface area (Å²) in [5.41, 5.74) is 5.56. The van der Waals surface area contributed by atoms with Crippen LogP contribution < -0.4 is 0 Å². The van der Waals surface area contributed by atoms with Crippen LogP contribution in [0.2, 0.25) is 0 Å². The highest BCUT2D eigenvalue weighted by molar-refractivity contribution is 7.23. The number of hydrogen-bond acceptors (Lipinski definition) is 6. The Kier molecular flexibility index (Phi) is 5.00. The third kappa shape index (κ3) is 3.03. The molecule has 0 saturated heterocycles. The van der Waals surface area contributed by atoms with E-state index in [1.54, 1.807) is 28.9 Å². The minimum Gasteiger partial charge on any atom is -0.244 e. The second-order valence-electron chi connectivity index (χ2n) is 6.84. The molecule has 0 spiro atoms. The van der Waals surface area contributed by atoms with Gasteiger partial charge in [-0.05, 0) is 44.7 Å². The van der Waals surface area contributed by atoms with Crippen molar-refractivity contribution >= 4 is 28.3 Å². The second kappa shape index (κ2) is 7.46. The van der Waals surface area contributed by atoms with E-state index in [4.69, 9.17) is 10.1 Å². The van der Waals surface area contributed by atoms with Gasteiger partial charge in [-0.3, -0.25) is 0 Å². The number of hydrogen-bond donors (Lipinski definition) is 0. The van der Waals surface area contributed by atoms with Crippen LogP contribution in [0.4, 0.5) is 0 Å². The van der Waals surface area contributed by atoms with E-state index in [1.165, 1.54) is 5.56 Å². The van der Waals surface area contributed by atoms with Crippen molar-refractivity contribution in [2.75, 3.05) is 0 Å². The molecule has 0 aliphatic carbocycles. The molecule has 142 valence electrons. The number of imidazole rings is 1. The van der Waals surface area contributed by atoms with Crippen molar-refractivity contribution in [3.63, 3.8) is 0 Å². The molecule has 0 fully saturated rings. The van der Waals surface area contributed by atoms with Gasteiger partial charge in [0.25, 0.3) is 0 Å². The van der Waals surface area contributed by atoms with E-state index in [-0.39, 0.29) is 0 Å². The number of nitriles is 1. The number of fused-ring (bicyclic) bond motifs is 1. The molecule has 4 aromatic heterocycles. The summed E-state index contributed by atoms with van der Waals surface area (Å²) in [6, 6.07) is 6.43. The predicted octanol–water partition coefficient (Wildman–Crippen LogP) is 5.97. The maximum atomic E-state index is 9.75. The van der Waals surface area contributed by atoms with Crippen LogP contribution in [0.25, 0.3) is 26.1 Å². The second-order valence-corrected chi connectivity index (χ2v) is 8.78. The van der Waals surface area contributed by atoms with Crippen LogP contribution in [0.15, 0.2) is 23.7 Å². The standard InChI is InChI=1S/C21H21N5S2/c1-5-14(6-2)16-9-12(3)25-26-18(13(4)24-20(16)26)19-15(11-22)10-17(28-19)21-23-7-8-27-21/h7-10,14H,5-6H2,1-4H3. The van der Waals surface area contributed by atoms with E-state index in [2.05, 4.69) is 31.0 Å². The molecule has 0 aromatic carbocycles. The summed E-state index contributed by atoms with van der Waals surface area (Å²) in [5, 5.41) is 17.4. The first-order valence-corrected chi connectivity index (χ1v) is 11.1. The quantitative estimate of drug-likeness (QED) is 0.408. The molecule has 0 aliphatic rings. The fraction of sp³-hybridized carbons (Fsp3) is 0.333. The Bertz CT molecular complexity index is 1170. The average Bonchev–Trinajstić information content (AvgIpc) is 3.40. The lowest BCUT2D eigenvalue weighted by molar-refractivity contribution is 0.638. The zero-order valence-electron chi connectivity index (χ0n) is 16.4. The summed E-state index contributed by atoms with van der Waals surface area (Å²) in [7, 11) is 0.